The SMILES string of the molecule is CC(C)CC(C=O)NC(=O)C(CC(C)C)NC(=O)C(CC(C)C)N(Cc1ccccc1)C(=O)O. The van der Waals surface area contributed by atoms with Crippen molar-refractivity contribution in [1.82, 2.24) is 15.5 Å². The van der Waals surface area contributed by atoms with Gasteiger partial charge >= 0.3 is 6.09 Å². The molecule has 0 heterocycles. The van der Waals surface area contributed by atoms with Crippen LogP contribution < -0.4 is 10.6 Å². The molecule has 0 aliphatic carbocycles. The topological polar surface area (TPSA) is 116 Å². The average Bonchev–Trinajstić information content (AvgIpc) is 2.74. The predicted molar refractivity (Wildman–Crippen MR) is 132 cm³/mol. The van der Waals surface area contributed by atoms with Crippen LogP contribution in [0.3, 0.4) is 0 Å². The molecule has 0 radical (unpaired) electrons. The van der Waals surface area contributed by atoms with Gasteiger partial charge in [0.15, 0.2) is 0 Å². The Labute approximate surface area is 203 Å². The summed E-state index contributed by atoms with van der Waals surface area (Å²) >= 11 is 0. The smallest absolute Gasteiger partial charge is 0.408 e. The van der Waals surface area contributed by atoms with E-state index >= 15 is 0 Å². The molecule has 34 heavy (non-hydrogen) atoms. The van der Waals surface area contributed by atoms with E-state index in [0.717, 1.165) is 10.5 Å². The third-order valence-electron chi connectivity index (χ3n) is 5.37. The number of amides is 3. The molecule has 0 aromatic heterocycles. The summed E-state index contributed by atoms with van der Waals surface area (Å²) in [5.74, 6) is -0.589. The first-order valence-electron chi connectivity index (χ1n) is 12.0. The molecule has 0 aliphatic heterocycles. The second-order valence-electron chi connectivity index (χ2n) is 10.1. The van der Waals surface area contributed by atoms with E-state index in [1.165, 1.54) is 0 Å². The molecule has 0 bridgehead atoms. The second kappa shape index (κ2) is 14.4. The highest BCUT2D eigenvalue weighted by Crippen LogP contribution is 2.17. The Hall–Kier alpha value is -2.90. The molecule has 0 fully saturated rings. The molecule has 8 heteroatoms. The highest BCUT2D eigenvalue weighted by Gasteiger charge is 2.33. The van der Waals surface area contributed by atoms with Gasteiger partial charge < -0.3 is 20.5 Å². The zero-order valence-corrected chi connectivity index (χ0v) is 21.3. The van der Waals surface area contributed by atoms with Crippen molar-refractivity contribution in [3.8, 4) is 0 Å². The Kier molecular flexibility index (Phi) is 12.3. The third-order valence-corrected chi connectivity index (χ3v) is 5.37. The van der Waals surface area contributed by atoms with E-state index in [-0.39, 0.29) is 24.3 Å². The Morgan fingerprint density at radius 3 is 1.88 bits per heavy atom. The largest absolute Gasteiger partial charge is 0.465 e. The van der Waals surface area contributed by atoms with E-state index < -0.39 is 36.0 Å². The number of carboxylic acid groups (broad SMARTS) is 1. The van der Waals surface area contributed by atoms with Gasteiger partial charge in [0.05, 0.1) is 6.04 Å². The predicted octanol–water partition coefficient (Wildman–Crippen LogP) is 3.84. The van der Waals surface area contributed by atoms with Crippen molar-refractivity contribution < 1.29 is 24.3 Å². The van der Waals surface area contributed by atoms with Crippen molar-refractivity contribution in [2.75, 3.05) is 0 Å². The number of rotatable bonds is 14. The third kappa shape index (κ3) is 10.4. The molecule has 0 saturated carbocycles. The first kappa shape index (κ1) is 29.1. The second-order valence-corrected chi connectivity index (χ2v) is 10.1. The summed E-state index contributed by atoms with van der Waals surface area (Å²) in [6.45, 7) is 11.7. The quantitative estimate of drug-likeness (QED) is 0.354. The van der Waals surface area contributed by atoms with Crippen molar-refractivity contribution in [2.45, 2.75) is 85.5 Å². The van der Waals surface area contributed by atoms with Crippen LogP contribution in [0.15, 0.2) is 30.3 Å². The van der Waals surface area contributed by atoms with Gasteiger partial charge in [0.1, 0.15) is 18.4 Å². The number of hydrogen-bond acceptors (Lipinski definition) is 4. The van der Waals surface area contributed by atoms with Crippen LogP contribution in [0.5, 0.6) is 0 Å². The molecule has 0 aliphatic rings. The molecule has 1 aromatic rings. The highest BCUT2D eigenvalue weighted by molar-refractivity contribution is 5.92. The maximum Gasteiger partial charge on any atom is 0.408 e. The van der Waals surface area contributed by atoms with Crippen LogP contribution in [0, 0.1) is 17.8 Å². The Morgan fingerprint density at radius 1 is 0.853 bits per heavy atom. The van der Waals surface area contributed by atoms with Crippen molar-refractivity contribution >= 4 is 24.2 Å². The van der Waals surface area contributed by atoms with Crippen LogP contribution in [-0.4, -0.2) is 52.3 Å². The van der Waals surface area contributed by atoms with Gasteiger partial charge in [0, 0.05) is 6.54 Å². The normalized spacial score (nSPS) is 13.9. The zero-order valence-electron chi connectivity index (χ0n) is 21.3. The van der Waals surface area contributed by atoms with E-state index in [1.807, 2.05) is 71.9 Å². The summed E-state index contributed by atoms with van der Waals surface area (Å²) in [5, 5.41) is 15.4. The molecular weight excluding hydrogens is 434 g/mol. The fourth-order valence-corrected chi connectivity index (χ4v) is 3.82. The lowest BCUT2D eigenvalue weighted by molar-refractivity contribution is -0.133. The summed E-state index contributed by atoms with van der Waals surface area (Å²) in [5.41, 5.74) is 0.769. The Bertz CT molecular complexity index is 795. The number of benzene rings is 1. The van der Waals surface area contributed by atoms with Crippen molar-refractivity contribution in [3.63, 3.8) is 0 Å². The van der Waals surface area contributed by atoms with Crippen LogP contribution >= 0.6 is 0 Å². The molecule has 1 rings (SSSR count). The fourth-order valence-electron chi connectivity index (χ4n) is 3.82. The van der Waals surface area contributed by atoms with Crippen LogP contribution in [0.2, 0.25) is 0 Å². The van der Waals surface area contributed by atoms with Crippen molar-refractivity contribution in [3.05, 3.63) is 35.9 Å². The minimum Gasteiger partial charge on any atom is -0.465 e. The van der Waals surface area contributed by atoms with E-state index in [4.69, 9.17) is 0 Å². The Morgan fingerprint density at radius 2 is 1.41 bits per heavy atom. The first-order chi connectivity index (χ1) is 15.9. The minimum atomic E-state index is -1.20. The van der Waals surface area contributed by atoms with Crippen LogP contribution in [0.25, 0.3) is 0 Å². The molecule has 3 N–H and O–H groups in total. The van der Waals surface area contributed by atoms with Gasteiger partial charge in [-0.15, -0.1) is 0 Å². The number of nitrogens with one attached hydrogen (secondary N) is 2. The van der Waals surface area contributed by atoms with Gasteiger partial charge in [-0.2, -0.15) is 0 Å². The number of carbonyl (C=O) groups is 4. The van der Waals surface area contributed by atoms with Crippen molar-refractivity contribution in [2.24, 2.45) is 17.8 Å². The minimum absolute atomic E-state index is 0.0521. The van der Waals surface area contributed by atoms with Gasteiger partial charge in [-0.25, -0.2) is 4.79 Å². The lowest BCUT2D eigenvalue weighted by atomic mass is 9.98. The van der Waals surface area contributed by atoms with Gasteiger partial charge in [0.25, 0.3) is 0 Å². The summed E-state index contributed by atoms with van der Waals surface area (Å²) in [6.07, 6.45) is 0.681. The van der Waals surface area contributed by atoms with Gasteiger partial charge in [-0.1, -0.05) is 71.9 Å². The molecule has 3 atom stereocenters. The average molecular weight is 476 g/mol. The lowest BCUT2D eigenvalue weighted by Gasteiger charge is -2.31. The maximum absolute atomic E-state index is 13.4. The molecule has 0 spiro atoms. The highest BCUT2D eigenvalue weighted by atomic mass is 16.4. The number of nitrogens with zero attached hydrogens (tertiary/aromatic N) is 1. The van der Waals surface area contributed by atoms with Crippen molar-refractivity contribution in [1.29, 1.82) is 0 Å². The summed E-state index contributed by atoms with van der Waals surface area (Å²) in [4.78, 5) is 51.1. The van der Waals surface area contributed by atoms with Crippen LogP contribution in [0.1, 0.15) is 66.4 Å². The maximum atomic E-state index is 13.4. The summed E-state index contributed by atoms with van der Waals surface area (Å²) < 4.78 is 0. The fraction of sp³-hybridized carbons (Fsp3) is 0.615. The summed E-state index contributed by atoms with van der Waals surface area (Å²) in [6, 6.07) is 6.62. The monoisotopic (exact) mass is 475 g/mol. The molecule has 190 valence electrons. The van der Waals surface area contributed by atoms with Crippen LogP contribution in [0.4, 0.5) is 4.79 Å². The molecule has 3 unspecified atom stereocenters. The van der Waals surface area contributed by atoms with E-state index in [0.29, 0.717) is 25.5 Å². The molecule has 3 amide bonds. The van der Waals surface area contributed by atoms with Gasteiger partial charge in [-0.05, 0) is 42.6 Å². The van der Waals surface area contributed by atoms with E-state index in [9.17, 15) is 24.3 Å². The number of carbonyl (C=O) groups excluding carboxylic acids is 3. The molecule has 1 aromatic carbocycles. The zero-order chi connectivity index (χ0) is 25.8. The van der Waals surface area contributed by atoms with Gasteiger partial charge in [0.2, 0.25) is 11.8 Å². The standard InChI is InChI=1S/C26H41N3O5/c1-17(2)12-21(16-30)27-24(31)22(13-18(3)4)28-25(32)23(14-19(5)6)29(26(33)34)15-20-10-8-7-9-11-20/h7-11,16-19,21-23H,12-15H2,1-6H3,(H,27,31)(H,28,32)(H,33,34). The molecule has 8 nitrogen and oxygen atoms in total. The van der Waals surface area contributed by atoms with E-state index in [2.05, 4.69) is 10.6 Å². The van der Waals surface area contributed by atoms with Gasteiger partial charge in [-0.3, -0.25) is 14.5 Å². The molecular formula is C26H41N3O5. The van der Waals surface area contributed by atoms with Crippen LogP contribution in [-0.2, 0) is 20.9 Å². The number of aldehydes is 1. The summed E-state index contributed by atoms with van der Waals surface area (Å²) in [7, 11) is 0. The molecule has 0 saturated heterocycles. The lowest BCUT2D eigenvalue weighted by Crippen LogP contribution is -2.56. The number of hydrogen-bond donors (Lipinski definition) is 3. The van der Waals surface area contributed by atoms with E-state index in [1.54, 1.807) is 0 Å². The Balaban J connectivity index is 3.13. The first-order valence-corrected chi connectivity index (χ1v) is 12.0.